The molecule has 6 nitrogen and oxygen atoms in total. The fourth-order valence-electron chi connectivity index (χ4n) is 3.50. The fourth-order valence-corrected chi connectivity index (χ4v) is 3.50. The van der Waals surface area contributed by atoms with Gasteiger partial charge in [-0.25, -0.2) is 4.98 Å². The Morgan fingerprint density at radius 2 is 2.08 bits per heavy atom. The molecule has 0 aliphatic carbocycles. The Morgan fingerprint density at radius 3 is 2.68 bits per heavy atom. The molecule has 136 valence electrons. The molecule has 2 unspecified atom stereocenters. The van der Waals surface area contributed by atoms with E-state index < -0.39 is 0 Å². The number of hydrogen-bond acceptors (Lipinski definition) is 3. The number of aromatic nitrogens is 3. The summed E-state index contributed by atoms with van der Waals surface area (Å²) in [5.74, 6) is 3.06. The molecular formula is C18H27IN6. The predicted octanol–water partition coefficient (Wildman–Crippen LogP) is 2.63. The van der Waals surface area contributed by atoms with E-state index in [4.69, 9.17) is 0 Å². The lowest BCUT2D eigenvalue weighted by Gasteiger charge is -2.38. The number of nitrogens with zero attached hydrogens (tertiary/aromatic N) is 5. The van der Waals surface area contributed by atoms with Gasteiger partial charge in [-0.3, -0.25) is 9.67 Å². The van der Waals surface area contributed by atoms with Gasteiger partial charge in [-0.15, -0.1) is 24.0 Å². The summed E-state index contributed by atoms with van der Waals surface area (Å²) in [4.78, 5) is 11.0. The number of nitrogens with one attached hydrogen (secondary N) is 1. The highest BCUT2D eigenvalue weighted by molar-refractivity contribution is 14.0. The molecule has 1 saturated heterocycles. The molecule has 1 aliphatic rings. The molecule has 1 fully saturated rings. The molecule has 2 heterocycles. The molecule has 0 saturated carbocycles. The van der Waals surface area contributed by atoms with Crippen molar-refractivity contribution in [3.63, 3.8) is 0 Å². The number of likely N-dealkylation sites (tertiary alicyclic amines) is 1. The van der Waals surface area contributed by atoms with E-state index in [1.165, 1.54) is 5.56 Å². The summed E-state index contributed by atoms with van der Waals surface area (Å²) in [5.41, 5.74) is 1.45. The molecule has 0 amide bonds. The molecule has 1 aromatic carbocycles. The van der Waals surface area contributed by atoms with E-state index in [2.05, 4.69) is 62.5 Å². The first-order valence-corrected chi connectivity index (χ1v) is 8.52. The van der Waals surface area contributed by atoms with Gasteiger partial charge in [-0.1, -0.05) is 37.3 Å². The van der Waals surface area contributed by atoms with Crippen molar-refractivity contribution in [2.24, 2.45) is 18.0 Å². The second-order valence-corrected chi connectivity index (χ2v) is 6.43. The molecule has 0 bridgehead atoms. The van der Waals surface area contributed by atoms with Crippen LogP contribution in [0.3, 0.4) is 0 Å². The van der Waals surface area contributed by atoms with Crippen molar-refractivity contribution in [2.45, 2.75) is 25.8 Å². The van der Waals surface area contributed by atoms with Crippen LogP contribution in [0.1, 0.15) is 30.7 Å². The van der Waals surface area contributed by atoms with Crippen LogP contribution in [0.4, 0.5) is 0 Å². The highest BCUT2D eigenvalue weighted by Gasteiger charge is 2.28. The Labute approximate surface area is 166 Å². The third kappa shape index (κ3) is 4.71. The first-order valence-electron chi connectivity index (χ1n) is 8.52. The van der Waals surface area contributed by atoms with Gasteiger partial charge in [0.05, 0.1) is 6.54 Å². The summed E-state index contributed by atoms with van der Waals surface area (Å²) >= 11 is 0. The molecule has 1 aromatic heterocycles. The number of rotatable bonds is 3. The van der Waals surface area contributed by atoms with Gasteiger partial charge in [0.2, 0.25) is 0 Å². The molecule has 2 aromatic rings. The van der Waals surface area contributed by atoms with E-state index in [9.17, 15) is 0 Å². The topological polar surface area (TPSA) is 58.3 Å². The van der Waals surface area contributed by atoms with Crippen LogP contribution in [-0.4, -0.2) is 45.8 Å². The maximum Gasteiger partial charge on any atom is 0.194 e. The molecule has 0 spiro atoms. The summed E-state index contributed by atoms with van der Waals surface area (Å²) in [7, 11) is 3.74. The molecule has 3 rings (SSSR count). The van der Waals surface area contributed by atoms with Crippen LogP contribution in [0, 0.1) is 5.92 Å². The maximum atomic E-state index is 4.45. The third-order valence-corrected chi connectivity index (χ3v) is 4.85. The highest BCUT2D eigenvalue weighted by Crippen LogP contribution is 2.32. The largest absolute Gasteiger partial charge is 0.349 e. The summed E-state index contributed by atoms with van der Waals surface area (Å²) < 4.78 is 1.78. The number of guanidine groups is 1. The lowest BCUT2D eigenvalue weighted by Crippen LogP contribution is -2.47. The zero-order chi connectivity index (χ0) is 16.9. The minimum Gasteiger partial charge on any atom is -0.349 e. The Hall–Kier alpha value is -1.64. The zero-order valence-corrected chi connectivity index (χ0v) is 17.4. The summed E-state index contributed by atoms with van der Waals surface area (Å²) in [5, 5.41) is 7.51. The van der Waals surface area contributed by atoms with Crippen LogP contribution in [0.25, 0.3) is 0 Å². The standard InChI is InChI=1S/C18H26N6.HI/c1-14-12-24(10-9-16(14)15-7-5-4-6-8-15)18(19-2)20-11-17-21-13-22-23(17)3;/h4-8,13-14,16H,9-12H2,1-3H3,(H,19,20);1H. The average molecular weight is 454 g/mol. The zero-order valence-electron chi connectivity index (χ0n) is 15.1. The van der Waals surface area contributed by atoms with Gasteiger partial charge in [0, 0.05) is 27.2 Å². The van der Waals surface area contributed by atoms with Crippen LogP contribution in [0.15, 0.2) is 41.7 Å². The fraction of sp³-hybridized carbons (Fsp3) is 0.500. The molecule has 1 N–H and O–H groups in total. The molecule has 2 atom stereocenters. The number of halogens is 1. The number of hydrogen-bond donors (Lipinski definition) is 1. The maximum absolute atomic E-state index is 4.45. The first-order chi connectivity index (χ1) is 11.7. The lowest BCUT2D eigenvalue weighted by atomic mass is 9.82. The van der Waals surface area contributed by atoms with Gasteiger partial charge in [-0.2, -0.15) is 5.10 Å². The Morgan fingerprint density at radius 1 is 1.32 bits per heavy atom. The second kappa shape index (κ2) is 9.17. The molecule has 7 heteroatoms. The average Bonchev–Trinajstić information content (AvgIpc) is 3.01. The van der Waals surface area contributed by atoms with Gasteiger partial charge in [0.25, 0.3) is 0 Å². The van der Waals surface area contributed by atoms with Crippen LogP contribution < -0.4 is 5.32 Å². The number of aliphatic imine (C=N–C) groups is 1. The van der Waals surface area contributed by atoms with E-state index in [1.54, 1.807) is 11.0 Å². The van der Waals surface area contributed by atoms with Crippen LogP contribution in [0.5, 0.6) is 0 Å². The van der Waals surface area contributed by atoms with Gasteiger partial charge in [0.15, 0.2) is 5.96 Å². The summed E-state index contributed by atoms with van der Waals surface area (Å²) in [6, 6.07) is 10.9. The van der Waals surface area contributed by atoms with Gasteiger partial charge in [-0.05, 0) is 23.8 Å². The molecular weight excluding hydrogens is 427 g/mol. The second-order valence-electron chi connectivity index (χ2n) is 6.43. The van der Waals surface area contributed by atoms with Crippen molar-refractivity contribution in [1.29, 1.82) is 0 Å². The predicted molar refractivity (Wildman–Crippen MR) is 111 cm³/mol. The van der Waals surface area contributed by atoms with Gasteiger partial charge in [0.1, 0.15) is 12.2 Å². The molecule has 0 radical (unpaired) electrons. The Balaban J connectivity index is 0.00000225. The van der Waals surface area contributed by atoms with Crippen LogP contribution in [0.2, 0.25) is 0 Å². The normalized spacial score (nSPS) is 20.9. The Bertz CT molecular complexity index is 684. The first kappa shape index (κ1) is 19.7. The number of piperidine rings is 1. The van der Waals surface area contributed by atoms with E-state index in [0.29, 0.717) is 18.4 Å². The van der Waals surface area contributed by atoms with E-state index >= 15 is 0 Å². The lowest BCUT2D eigenvalue weighted by molar-refractivity contribution is 0.234. The van der Waals surface area contributed by atoms with Gasteiger partial charge >= 0.3 is 0 Å². The number of aryl methyl sites for hydroxylation is 1. The van der Waals surface area contributed by atoms with Crippen LogP contribution >= 0.6 is 24.0 Å². The van der Waals surface area contributed by atoms with Gasteiger partial charge < -0.3 is 10.2 Å². The SMILES string of the molecule is CN=C(NCc1ncnn1C)N1CCC(c2ccccc2)C(C)C1.I. The number of benzene rings is 1. The molecule has 25 heavy (non-hydrogen) atoms. The summed E-state index contributed by atoms with van der Waals surface area (Å²) in [6.07, 6.45) is 2.73. The van der Waals surface area contributed by atoms with Crippen molar-refractivity contribution >= 4 is 29.9 Å². The van der Waals surface area contributed by atoms with Crippen molar-refractivity contribution in [2.75, 3.05) is 20.1 Å². The minimum atomic E-state index is 0. The van der Waals surface area contributed by atoms with Crippen molar-refractivity contribution in [3.8, 4) is 0 Å². The van der Waals surface area contributed by atoms with Crippen molar-refractivity contribution in [1.82, 2.24) is 25.0 Å². The monoisotopic (exact) mass is 454 g/mol. The van der Waals surface area contributed by atoms with E-state index in [-0.39, 0.29) is 24.0 Å². The highest BCUT2D eigenvalue weighted by atomic mass is 127. The quantitative estimate of drug-likeness (QED) is 0.440. The smallest absolute Gasteiger partial charge is 0.194 e. The van der Waals surface area contributed by atoms with Crippen molar-refractivity contribution in [3.05, 3.63) is 48.0 Å². The Kier molecular flexibility index (Phi) is 7.22. The van der Waals surface area contributed by atoms with E-state index in [0.717, 1.165) is 31.3 Å². The molecule has 1 aliphatic heterocycles. The minimum absolute atomic E-state index is 0. The van der Waals surface area contributed by atoms with Crippen LogP contribution in [-0.2, 0) is 13.6 Å². The summed E-state index contributed by atoms with van der Waals surface area (Å²) in [6.45, 7) is 5.00. The third-order valence-electron chi connectivity index (χ3n) is 4.85. The van der Waals surface area contributed by atoms with Crippen molar-refractivity contribution < 1.29 is 0 Å². The van der Waals surface area contributed by atoms with E-state index in [1.807, 2.05) is 14.1 Å².